The Hall–Kier alpha value is -0.610. The number of amides is 1. The molecule has 3 nitrogen and oxygen atoms in total. The molecule has 0 aliphatic carbocycles. The average molecular weight is 233 g/mol. The van der Waals surface area contributed by atoms with Crippen molar-refractivity contribution in [2.45, 2.75) is 19.2 Å². The van der Waals surface area contributed by atoms with E-state index in [4.69, 9.17) is 11.6 Å². The van der Waals surface area contributed by atoms with E-state index in [0.717, 1.165) is 0 Å². The molecule has 1 rings (SSSR count). The first-order valence-corrected chi connectivity index (χ1v) is 5.89. The van der Waals surface area contributed by atoms with Crippen molar-refractivity contribution in [1.29, 1.82) is 0 Å². The maximum atomic E-state index is 11.8. The van der Waals surface area contributed by atoms with Crippen LogP contribution in [0.4, 0.5) is 0 Å². The largest absolute Gasteiger partial charge is 0.342 e. The molecule has 0 saturated carbocycles. The fourth-order valence-corrected chi connectivity index (χ4v) is 2.08. The van der Waals surface area contributed by atoms with E-state index in [9.17, 15) is 4.79 Å². The van der Waals surface area contributed by atoms with Gasteiger partial charge in [-0.05, 0) is 13.8 Å². The van der Waals surface area contributed by atoms with E-state index in [1.54, 1.807) is 15.8 Å². The van der Waals surface area contributed by atoms with Gasteiger partial charge < -0.3 is 4.90 Å². The number of thiazole rings is 1. The molecule has 0 aromatic carbocycles. The fraction of sp³-hybridized carbons (Fsp3) is 0.556. The summed E-state index contributed by atoms with van der Waals surface area (Å²) in [5.41, 5.74) is 2.33. The molecule has 78 valence electrons. The standard InChI is InChI=1S/C9H13ClN2OS/c1-3-12(4-2)9(13)8(10)7-5-14-6-11-7/h5-6,8H,3-4H2,1-2H3. The van der Waals surface area contributed by atoms with Crippen molar-refractivity contribution in [2.75, 3.05) is 13.1 Å². The Morgan fingerprint density at radius 3 is 2.71 bits per heavy atom. The van der Waals surface area contributed by atoms with Crippen molar-refractivity contribution in [1.82, 2.24) is 9.88 Å². The first kappa shape index (κ1) is 11.5. The minimum atomic E-state index is -0.638. The Labute approximate surface area is 92.7 Å². The number of alkyl halides is 1. The van der Waals surface area contributed by atoms with Crippen LogP contribution in [0.3, 0.4) is 0 Å². The Balaban J connectivity index is 2.69. The molecule has 0 aliphatic rings. The van der Waals surface area contributed by atoms with Gasteiger partial charge >= 0.3 is 0 Å². The van der Waals surface area contributed by atoms with Crippen LogP contribution in [0.25, 0.3) is 0 Å². The van der Waals surface area contributed by atoms with Crippen LogP contribution in [0.5, 0.6) is 0 Å². The number of carbonyl (C=O) groups excluding carboxylic acids is 1. The van der Waals surface area contributed by atoms with E-state index in [2.05, 4.69) is 4.98 Å². The summed E-state index contributed by atoms with van der Waals surface area (Å²) in [5, 5.41) is 1.17. The molecule has 1 heterocycles. The molecule has 0 aliphatic heterocycles. The van der Waals surface area contributed by atoms with Gasteiger partial charge in [0, 0.05) is 18.5 Å². The highest BCUT2D eigenvalue weighted by atomic mass is 35.5. The van der Waals surface area contributed by atoms with Crippen molar-refractivity contribution in [3.05, 3.63) is 16.6 Å². The smallest absolute Gasteiger partial charge is 0.246 e. The number of rotatable bonds is 4. The topological polar surface area (TPSA) is 33.2 Å². The minimum Gasteiger partial charge on any atom is -0.342 e. The van der Waals surface area contributed by atoms with Gasteiger partial charge in [0.15, 0.2) is 5.38 Å². The van der Waals surface area contributed by atoms with Crippen LogP contribution in [0.15, 0.2) is 10.9 Å². The first-order valence-electron chi connectivity index (χ1n) is 4.51. The van der Waals surface area contributed by atoms with Gasteiger partial charge in [0.05, 0.1) is 11.2 Å². The number of halogens is 1. The summed E-state index contributed by atoms with van der Waals surface area (Å²) >= 11 is 7.45. The maximum absolute atomic E-state index is 11.8. The van der Waals surface area contributed by atoms with E-state index in [1.165, 1.54) is 11.3 Å². The zero-order valence-electron chi connectivity index (χ0n) is 8.24. The first-order chi connectivity index (χ1) is 6.70. The lowest BCUT2D eigenvalue weighted by Crippen LogP contribution is -2.33. The van der Waals surface area contributed by atoms with Crippen molar-refractivity contribution < 1.29 is 4.79 Å². The van der Waals surface area contributed by atoms with Crippen LogP contribution in [-0.4, -0.2) is 28.9 Å². The van der Waals surface area contributed by atoms with Crippen LogP contribution >= 0.6 is 22.9 Å². The number of nitrogens with zero attached hydrogens (tertiary/aromatic N) is 2. The van der Waals surface area contributed by atoms with Gasteiger partial charge in [0.2, 0.25) is 5.91 Å². The molecule has 0 fully saturated rings. The molecule has 1 unspecified atom stereocenters. The predicted molar refractivity (Wildman–Crippen MR) is 58.6 cm³/mol. The zero-order chi connectivity index (χ0) is 10.6. The Morgan fingerprint density at radius 2 is 2.29 bits per heavy atom. The van der Waals surface area contributed by atoms with Crippen LogP contribution in [0, 0.1) is 0 Å². The molecule has 14 heavy (non-hydrogen) atoms. The number of carbonyl (C=O) groups is 1. The zero-order valence-corrected chi connectivity index (χ0v) is 9.81. The van der Waals surface area contributed by atoms with Gasteiger partial charge in [-0.1, -0.05) is 0 Å². The highest BCUT2D eigenvalue weighted by Gasteiger charge is 2.23. The Kier molecular flexibility index (Phi) is 4.35. The van der Waals surface area contributed by atoms with E-state index in [0.29, 0.717) is 18.8 Å². The lowest BCUT2D eigenvalue weighted by molar-refractivity contribution is -0.130. The summed E-state index contributed by atoms with van der Waals surface area (Å²) in [5.74, 6) is -0.0671. The number of hydrogen-bond acceptors (Lipinski definition) is 3. The normalized spacial score (nSPS) is 12.5. The van der Waals surface area contributed by atoms with Gasteiger partial charge in [-0.15, -0.1) is 22.9 Å². The van der Waals surface area contributed by atoms with Crippen LogP contribution in [0.2, 0.25) is 0 Å². The quantitative estimate of drug-likeness (QED) is 0.747. The van der Waals surface area contributed by atoms with Gasteiger partial charge in [-0.25, -0.2) is 4.98 Å². The van der Waals surface area contributed by atoms with E-state index < -0.39 is 5.38 Å². The molecular formula is C9H13ClN2OS. The summed E-state index contributed by atoms with van der Waals surface area (Å²) < 4.78 is 0. The monoisotopic (exact) mass is 232 g/mol. The van der Waals surface area contributed by atoms with E-state index in [1.807, 2.05) is 13.8 Å². The highest BCUT2D eigenvalue weighted by molar-refractivity contribution is 7.07. The number of likely N-dealkylation sites (N-methyl/N-ethyl adjacent to an activating group) is 1. The summed E-state index contributed by atoms with van der Waals surface area (Å²) in [6, 6.07) is 0. The summed E-state index contributed by atoms with van der Waals surface area (Å²) in [6.07, 6.45) is 0. The van der Waals surface area contributed by atoms with Gasteiger partial charge in [0.1, 0.15) is 0 Å². The van der Waals surface area contributed by atoms with Crippen LogP contribution < -0.4 is 0 Å². The van der Waals surface area contributed by atoms with Crippen molar-refractivity contribution in [2.24, 2.45) is 0 Å². The van der Waals surface area contributed by atoms with Crippen molar-refractivity contribution >= 4 is 28.8 Å². The molecule has 0 spiro atoms. The third-order valence-electron chi connectivity index (χ3n) is 2.00. The Morgan fingerprint density at radius 1 is 1.64 bits per heavy atom. The molecule has 1 aromatic heterocycles. The molecule has 0 radical (unpaired) electrons. The second kappa shape index (κ2) is 5.32. The fourth-order valence-electron chi connectivity index (χ4n) is 1.17. The van der Waals surface area contributed by atoms with Crippen LogP contribution in [-0.2, 0) is 4.79 Å². The second-order valence-corrected chi connectivity index (χ2v) is 3.94. The Bertz CT molecular complexity index is 285. The minimum absolute atomic E-state index is 0.0671. The molecule has 1 aromatic rings. The van der Waals surface area contributed by atoms with E-state index >= 15 is 0 Å². The summed E-state index contributed by atoms with van der Waals surface area (Å²) in [6.45, 7) is 5.24. The maximum Gasteiger partial charge on any atom is 0.246 e. The average Bonchev–Trinajstić information content (AvgIpc) is 2.71. The summed E-state index contributed by atoms with van der Waals surface area (Å²) in [4.78, 5) is 17.5. The second-order valence-electron chi connectivity index (χ2n) is 2.79. The van der Waals surface area contributed by atoms with Gasteiger partial charge in [-0.2, -0.15) is 0 Å². The molecule has 5 heteroatoms. The van der Waals surface area contributed by atoms with Gasteiger partial charge in [-0.3, -0.25) is 4.79 Å². The molecule has 0 bridgehead atoms. The highest BCUT2D eigenvalue weighted by Crippen LogP contribution is 2.22. The van der Waals surface area contributed by atoms with Crippen LogP contribution in [0.1, 0.15) is 24.9 Å². The third kappa shape index (κ3) is 2.45. The summed E-state index contributed by atoms with van der Waals surface area (Å²) in [7, 11) is 0. The molecule has 1 amide bonds. The molecular weight excluding hydrogens is 220 g/mol. The van der Waals surface area contributed by atoms with Gasteiger partial charge in [0.25, 0.3) is 0 Å². The number of aromatic nitrogens is 1. The predicted octanol–water partition coefficient (Wildman–Crippen LogP) is 2.29. The van der Waals surface area contributed by atoms with E-state index in [-0.39, 0.29) is 5.91 Å². The number of hydrogen-bond donors (Lipinski definition) is 0. The van der Waals surface area contributed by atoms with Crippen molar-refractivity contribution in [3.63, 3.8) is 0 Å². The third-order valence-corrected chi connectivity index (χ3v) is 3.02. The van der Waals surface area contributed by atoms with Crippen molar-refractivity contribution in [3.8, 4) is 0 Å². The SMILES string of the molecule is CCN(CC)C(=O)C(Cl)c1cscn1. The molecule has 0 N–H and O–H groups in total. The lowest BCUT2D eigenvalue weighted by Gasteiger charge is -2.20. The molecule has 1 atom stereocenters. The lowest BCUT2D eigenvalue weighted by atomic mass is 10.3. The molecule has 0 saturated heterocycles.